The average molecular weight is 351 g/mol. The van der Waals surface area contributed by atoms with Crippen LogP contribution in [0.25, 0.3) is 0 Å². The lowest BCUT2D eigenvalue weighted by atomic mass is 10.2. The fourth-order valence-corrected chi connectivity index (χ4v) is 4.53. The normalized spacial score (nSPS) is 17.2. The maximum atomic E-state index is 12.3. The summed E-state index contributed by atoms with van der Waals surface area (Å²) in [5.74, 6) is 0.348. The van der Waals surface area contributed by atoms with Crippen molar-refractivity contribution in [2.24, 2.45) is 0 Å². The molecule has 2 N–H and O–H groups in total. The second-order valence-corrected chi connectivity index (χ2v) is 7.51. The highest BCUT2D eigenvalue weighted by atomic mass is 32.2. The zero-order chi connectivity index (χ0) is 16.9. The summed E-state index contributed by atoms with van der Waals surface area (Å²) in [4.78, 5) is 28.6. The number of aliphatic hydroxyl groups excluding tert-OH is 1. The van der Waals surface area contributed by atoms with Crippen molar-refractivity contribution in [1.82, 2.24) is 14.9 Å². The van der Waals surface area contributed by atoms with Gasteiger partial charge in [-0.2, -0.15) is 4.98 Å². The van der Waals surface area contributed by atoms with Crippen LogP contribution in [-0.4, -0.2) is 39.0 Å². The first-order valence-corrected chi connectivity index (χ1v) is 9.83. The molecule has 6 nitrogen and oxygen atoms in total. The lowest BCUT2D eigenvalue weighted by Crippen LogP contribution is -2.34. The Hall–Kier alpha value is -1.34. The molecule has 0 unspecified atom stereocenters. The number of rotatable bonds is 7. The highest BCUT2D eigenvalue weighted by molar-refractivity contribution is 7.99. The molecule has 1 saturated carbocycles. The molecule has 0 spiro atoms. The van der Waals surface area contributed by atoms with Gasteiger partial charge in [-0.05, 0) is 38.5 Å². The first-order valence-electron chi connectivity index (χ1n) is 8.84. The van der Waals surface area contributed by atoms with Crippen molar-refractivity contribution in [2.75, 3.05) is 12.4 Å². The summed E-state index contributed by atoms with van der Waals surface area (Å²) >= 11 is 1.38. The summed E-state index contributed by atoms with van der Waals surface area (Å²) in [6.45, 7) is 0.580. The van der Waals surface area contributed by atoms with Crippen LogP contribution in [0.1, 0.15) is 49.8 Å². The zero-order valence-corrected chi connectivity index (χ0v) is 14.7. The molecule has 7 heteroatoms. The van der Waals surface area contributed by atoms with Crippen LogP contribution in [0.4, 0.5) is 0 Å². The molecule has 0 bridgehead atoms. The zero-order valence-electron chi connectivity index (χ0n) is 13.9. The van der Waals surface area contributed by atoms with Crippen molar-refractivity contribution in [3.63, 3.8) is 0 Å². The van der Waals surface area contributed by atoms with Crippen LogP contribution in [-0.2, 0) is 24.2 Å². The number of nitrogens with zero attached hydrogens (tertiary/aromatic N) is 2. The molecule has 0 atom stereocenters. The number of amides is 1. The topological polar surface area (TPSA) is 84.2 Å². The number of carbonyl (C=O) groups excluding carboxylic acids is 1. The number of fused-ring (bicyclic) bond motifs is 1. The molecule has 1 aromatic rings. The average Bonchev–Trinajstić information content (AvgIpc) is 3.23. The molecule has 1 fully saturated rings. The van der Waals surface area contributed by atoms with Gasteiger partial charge in [0.25, 0.3) is 0 Å². The minimum atomic E-state index is -0.261. The molecule has 1 amide bonds. The summed E-state index contributed by atoms with van der Waals surface area (Å²) in [5, 5.41) is 12.8. The van der Waals surface area contributed by atoms with E-state index in [2.05, 4.69) is 10.3 Å². The summed E-state index contributed by atoms with van der Waals surface area (Å²) < 4.78 is 1.70. The van der Waals surface area contributed by atoms with E-state index < -0.39 is 0 Å². The third-order valence-electron chi connectivity index (χ3n) is 4.80. The minimum absolute atomic E-state index is 0.0323. The van der Waals surface area contributed by atoms with E-state index in [9.17, 15) is 9.59 Å². The monoisotopic (exact) mass is 351 g/mol. The van der Waals surface area contributed by atoms with E-state index in [0.717, 1.165) is 43.4 Å². The van der Waals surface area contributed by atoms with E-state index in [1.807, 2.05) is 0 Å². The van der Waals surface area contributed by atoms with Gasteiger partial charge < -0.3 is 10.4 Å². The molecule has 2 aliphatic rings. The Balaban J connectivity index is 1.67. The number of hydrogen-bond donors (Lipinski definition) is 2. The van der Waals surface area contributed by atoms with E-state index in [1.54, 1.807) is 4.57 Å². The Morgan fingerprint density at radius 1 is 1.29 bits per heavy atom. The van der Waals surface area contributed by atoms with Gasteiger partial charge in [0.2, 0.25) is 5.91 Å². The van der Waals surface area contributed by atoms with Gasteiger partial charge in [-0.15, -0.1) is 0 Å². The number of aromatic nitrogens is 2. The smallest absolute Gasteiger partial charge is 0.348 e. The van der Waals surface area contributed by atoms with Gasteiger partial charge in [-0.3, -0.25) is 9.36 Å². The van der Waals surface area contributed by atoms with Crippen LogP contribution in [0.5, 0.6) is 0 Å². The molecule has 0 aliphatic heterocycles. The van der Waals surface area contributed by atoms with Crippen molar-refractivity contribution in [2.45, 2.75) is 69.0 Å². The third kappa shape index (κ3) is 4.00. The van der Waals surface area contributed by atoms with Crippen molar-refractivity contribution < 1.29 is 9.90 Å². The molecular formula is C17H25N3O3S. The molecule has 24 heavy (non-hydrogen) atoms. The Morgan fingerprint density at radius 2 is 2.08 bits per heavy atom. The summed E-state index contributed by atoms with van der Waals surface area (Å²) in [7, 11) is 0. The molecule has 0 saturated heterocycles. The predicted molar refractivity (Wildman–Crippen MR) is 93.3 cm³/mol. The second-order valence-electron chi connectivity index (χ2n) is 6.54. The Bertz CT molecular complexity index is 653. The van der Waals surface area contributed by atoms with Crippen LogP contribution in [0.15, 0.2) is 9.82 Å². The molecule has 0 radical (unpaired) electrons. The first kappa shape index (κ1) is 17.5. The van der Waals surface area contributed by atoms with E-state index in [-0.39, 0.29) is 18.2 Å². The summed E-state index contributed by atoms with van der Waals surface area (Å²) in [6.07, 6.45) is 7.90. The van der Waals surface area contributed by atoms with E-state index in [4.69, 9.17) is 5.11 Å². The van der Waals surface area contributed by atoms with Crippen LogP contribution in [0.3, 0.4) is 0 Å². The number of thioether (sulfide) groups is 1. The lowest BCUT2D eigenvalue weighted by molar-refractivity contribution is -0.119. The molecule has 3 rings (SSSR count). The third-order valence-corrected chi connectivity index (χ3v) is 5.82. The summed E-state index contributed by atoms with van der Waals surface area (Å²) in [6, 6.07) is 0.322. The van der Waals surface area contributed by atoms with Crippen LogP contribution >= 0.6 is 11.8 Å². The van der Waals surface area contributed by atoms with Gasteiger partial charge in [-0.25, -0.2) is 4.79 Å². The van der Waals surface area contributed by atoms with Crippen LogP contribution in [0.2, 0.25) is 0 Å². The number of hydrogen-bond acceptors (Lipinski definition) is 5. The van der Waals surface area contributed by atoms with Gasteiger partial charge in [0.15, 0.2) is 0 Å². The molecule has 2 aliphatic carbocycles. The fourth-order valence-electron chi connectivity index (χ4n) is 3.64. The molecular weight excluding hydrogens is 326 g/mol. The number of aliphatic hydroxyl groups is 1. The van der Waals surface area contributed by atoms with Crippen molar-refractivity contribution in [3.8, 4) is 0 Å². The van der Waals surface area contributed by atoms with Crippen LogP contribution in [0, 0.1) is 0 Å². The van der Waals surface area contributed by atoms with Crippen molar-refractivity contribution in [3.05, 3.63) is 21.7 Å². The van der Waals surface area contributed by atoms with E-state index >= 15 is 0 Å². The van der Waals surface area contributed by atoms with Gasteiger partial charge in [-0.1, -0.05) is 24.6 Å². The second kappa shape index (κ2) is 8.16. The highest BCUT2D eigenvalue weighted by Crippen LogP contribution is 2.29. The maximum absolute atomic E-state index is 12.3. The largest absolute Gasteiger partial charge is 0.396 e. The first-order chi connectivity index (χ1) is 11.7. The Kier molecular flexibility index (Phi) is 5.94. The van der Waals surface area contributed by atoms with Gasteiger partial charge >= 0.3 is 5.69 Å². The van der Waals surface area contributed by atoms with Crippen molar-refractivity contribution >= 4 is 17.7 Å². The minimum Gasteiger partial charge on any atom is -0.396 e. The lowest BCUT2D eigenvalue weighted by Gasteiger charge is -2.14. The summed E-state index contributed by atoms with van der Waals surface area (Å²) in [5.41, 5.74) is 1.90. The quantitative estimate of drug-likeness (QED) is 0.571. The standard InChI is InChI=1S/C17H25N3O3S/c21-10-4-9-20-14-8-3-7-13(14)16(19-17(20)23)24-11-15(22)18-12-5-1-2-6-12/h12,21H,1-11H2,(H,18,22). The fraction of sp³-hybridized carbons (Fsp3) is 0.706. The number of carbonyl (C=O) groups is 1. The Morgan fingerprint density at radius 3 is 2.83 bits per heavy atom. The Labute approximate surface area is 146 Å². The van der Waals surface area contributed by atoms with E-state index in [0.29, 0.717) is 29.8 Å². The van der Waals surface area contributed by atoms with Gasteiger partial charge in [0.1, 0.15) is 5.03 Å². The van der Waals surface area contributed by atoms with E-state index in [1.165, 1.54) is 24.6 Å². The predicted octanol–water partition coefficient (Wildman–Crippen LogP) is 1.27. The molecule has 132 valence electrons. The maximum Gasteiger partial charge on any atom is 0.348 e. The van der Waals surface area contributed by atoms with Gasteiger partial charge in [0, 0.05) is 30.5 Å². The molecule has 1 heterocycles. The van der Waals surface area contributed by atoms with Gasteiger partial charge in [0.05, 0.1) is 5.75 Å². The highest BCUT2D eigenvalue weighted by Gasteiger charge is 2.23. The SMILES string of the molecule is O=C(CSc1nc(=O)n(CCCO)c2c1CCC2)NC1CCCC1. The van der Waals surface area contributed by atoms with Crippen LogP contribution < -0.4 is 11.0 Å². The van der Waals surface area contributed by atoms with Crippen molar-refractivity contribution in [1.29, 1.82) is 0 Å². The molecule has 0 aromatic carbocycles. The molecule has 1 aromatic heterocycles. The number of nitrogens with one attached hydrogen (secondary N) is 1.